The van der Waals surface area contributed by atoms with Crippen LogP contribution in [0, 0.1) is 17.3 Å². The Morgan fingerprint density at radius 1 is 1.30 bits per heavy atom. The summed E-state index contributed by atoms with van der Waals surface area (Å²) in [6, 6.07) is 0.657. The molecule has 0 aromatic heterocycles. The van der Waals surface area contributed by atoms with Crippen molar-refractivity contribution in [1.82, 2.24) is 10.2 Å². The highest BCUT2D eigenvalue weighted by Gasteiger charge is 2.39. The molecular weight excluding hydrogens is 248 g/mol. The van der Waals surface area contributed by atoms with Crippen molar-refractivity contribution in [3.8, 4) is 0 Å². The average Bonchev–Trinajstić information content (AvgIpc) is 2.85. The molecule has 118 valence electrons. The van der Waals surface area contributed by atoms with Gasteiger partial charge in [-0.3, -0.25) is 0 Å². The Morgan fingerprint density at radius 2 is 2.10 bits per heavy atom. The Kier molecular flexibility index (Phi) is 5.88. The normalized spacial score (nSPS) is 34.5. The van der Waals surface area contributed by atoms with Crippen molar-refractivity contribution in [3.63, 3.8) is 0 Å². The molecule has 0 aromatic rings. The van der Waals surface area contributed by atoms with Gasteiger partial charge in [-0.1, -0.05) is 27.2 Å². The second kappa shape index (κ2) is 7.24. The van der Waals surface area contributed by atoms with Crippen molar-refractivity contribution in [2.24, 2.45) is 17.3 Å². The van der Waals surface area contributed by atoms with Crippen molar-refractivity contribution in [3.05, 3.63) is 0 Å². The number of nitrogens with one attached hydrogen (secondary N) is 1. The van der Waals surface area contributed by atoms with E-state index in [2.05, 4.69) is 31.0 Å². The van der Waals surface area contributed by atoms with E-state index in [4.69, 9.17) is 0 Å². The molecule has 1 saturated heterocycles. The van der Waals surface area contributed by atoms with Crippen LogP contribution < -0.4 is 5.32 Å². The van der Waals surface area contributed by atoms with E-state index in [1.54, 1.807) is 0 Å². The fourth-order valence-electron chi connectivity index (χ4n) is 4.28. The average molecular weight is 282 g/mol. The summed E-state index contributed by atoms with van der Waals surface area (Å²) in [5, 5.41) is 13.1. The van der Waals surface area contributed by atoms with Gasteiger partial charge >= 0.3 is 0 Å². The Balaban J connectivity index is 1.93. The lowest BCUT2D eigenvalue weighted by molar-refractivity contribution is 0.0829. The minimum absolute atomic E-state index is 0.365. The fourth-order valence-corrected chi connectivity index (χ4v) is 4.28. The lowest BCUT2D eigenvalue weighted by Crippen LogP contribution is -2.52. The molecule has 1 aliphatic heterocycles. The molecule has 0 spiro atoms. The van der Waals surface area contributed by atoms with E-state index < -0.39 is 0 Å². The molecule has 1 heterocycles. The summed E-state index contributed by atoms with van der Waals surface area (Å²) >= 11 is 0. The summed E-state index contributed by atoms with van der Waals surface area (Å²) in [4.78, 5) is 2.59. The first-order chi connectivity index (χ1) is 9.56. The zero-order chi connectivity index (χ0) is 14.6. The van der Waals surface area contributed by atoms with Crippen LogP contribution in [0.5, 0.6) is 0 Å². The molecule has 2 fully saturated rings. The molecule has 2 aliphatic rings. The summed E-state index contributed by atoms with van der Waals surface area (Å²) in [5.74, 6) is 1.30. The standard InChI is InChI=1S/C17H34N2O/c1-4-9-18-16-15(6-5-8-17(16,2)3)12-19-10-7-14(11-19)13-20/h14-16,18,20H,4-13H2,1-3H3. The number of hydrogen-bond acceptors (Lipinski definition) is 3. The smallest absolute Gasteiger partial charge is 0.0471 e. The van der Waals surface area contributed by atoms with E-state index in [0.717, 1.165) is 19.0 Å². The summed E-state index contributed by atoms with van der Waals surface area (Å²) in [7, 11) is 0. The van der Waals surface area contributed by atoms with Crippen LogP contribution in [-0.2, 0) is 0 Å². The molecule has 2 rings (SSSR count). The van der Waals surface area contributed by atoms with Crippen LogP contribution in [0.2, 0.25) is 0 Å². The van der Waals surface area contributed by atoms with Crippen LogP contribution in [0.15, 0.2) is 0 Å². The Morgan fingerprint density at radius 3 is 2.75 bits per heavy atom. The number of nitrogens with zero attached hydrogens (tertiary/aromatic N) is 1. The molecule has 0 bridgehead atoms. The summed E-state index contributed by atoms with van der Waals surface area (Å²) in [5.41, 5.74) is 0.425. The van der Waals surface area contributed by atoms with E-state index >= 15 is 0 Å². The molecule has 2 N–H and O–H groups in total. The quantitative estimate of drug-likeness (QED) is 0.786. The van der Waals surface area contributed by atoms with Gasteiger partial charge in [0.1, 0.15) is 0 Å². The summed E-state index contributed by atoms with van der Waals surface area (Å²) < 4.78 is 0. The maximum atomic E-state index is 9.30. The lowest BCUT2D eigenvalue weighted by atomic mass is 9.67. The summed E-state index contributed by atoms with van der Waals surface area (Å²) in [6.07, 6.45) is 6.49. The van der Waals surface area contributed by atoms with Gasteiger partial charge in [0, 0.05) is 25.7 Å². The second-order valence-corrected chi connectivity index (χ2v) is 7.67. The molecule has 3 heteroatoms. The first-order valence-electron chi connectivity index (χ1n) is 8.63. The van der Waals surface area contributed by atoms with Gasteiger partial charge < -0.3 is 15.3 Å². The molecule has 3 unspecified atom stereocenters. The van der Waals surface area contributed by atoms with Crippen LogP contribution in [-0.4, -0.2) is 48.8 Å². The first-order valence-corrected chi connectivity index (χ1v) is 8.63. The van der Waals surface area contributed by atoms with Gasteiger partial charge in [-0.15, -0.1) is 0 Å². The monoisotopic (exact) mass is 282 g/mol. The first kappa shape index (κ1) is 16.3. The van der Waals surface area contributed by atoms with Gasteiger partial charge in [0.15, 0.2) is 0 Å². The number of aliphatic hydroxyl groups is 1. The zero-order valence-electron chi connectivity index (χ0n) is 13.7. The van der Waals surface area contributed by atoms with E-state index in [1.807, 2.05) is 0 Å². The van der Waals surface area contributed by atoms with Gasteiger partial charge in [-0.25, -0.2) is 0 Å². The van der Waals surface area contributed by atoms with Gasteiger partial charge in [0.25, 0.3) is 0 Å². The number of hydrogen-bond donors (Lipinski definition) is 2. The predicted molar refractivity (Wildman–Crippen MR) is 84.8 cm³/mol. The van der Waals surface area contributed by atoms with E-state index in [9.17, 15) is 5.11 Å². The number of rotatable bonds is 6. The fraction of sp³-hybridized carbons (Fsp3) is 1.00. The minimum atomic E-state index is 0.365. The SMILES string of the molecule is CCCNC1C(CN2CCC(CO)C2)CCCC1(C)C. The molecule has 1 aliphatic carbocycles. The Hall–Kier alpha value is -0.120. The zero-order valence-corrected chi connectivity index (χ0v) is 13.7. The highest BCUT2D eigenvalue weighted by atomic mass is 16.3. The van der Waals surface area contributed by atoms with Crippen LogP contribution >= 0.6 is 0 Å². The van der Waals surface area contributed by atoms with Crippen LogP contribution in [0.3, 0.4) is 0 Å². The maximum absolute atomic E-state index is 9.30. The third kappa shape index (κ3) is 3.96. The van der Waals surface area contributed by atoms with Gasteiger partial charge in [-0.05, 0) is 56.0 Å². The van der Waals surface area contributed by atoms with Crippen molar-refractivity contribution >= 4 is 0 Å². The molecule has 1 saturated carbocycles. The van der Waals surface area contributed by atoms with Crippen molar-refractivity contribution in [2.45, 2.75) is 58.9 Å². The van der Waals surface area contributed by atoms with Gasteiger partial charge in [-0.2, -0.15) is 0 Å². The molecule has 0 aromatic carbocycles. The van der Waals surface area contributed by atoms with E-state index in [0.29, 0.717) is 24.0 Å². The molecule has 3 atom stereocenters. The van der Waals surface area contributed by atoms with Gasteiger partial charge in [0.05, 0.1) is 0 Å². The predicted octanol–water partition coefficient (Wildman–Crippen LogP) is 2.50. The molecule has 20 heavy (non-hydrogen) atoms. The number of aliphatic hydroxyl groups excluding tert-OH is 1. The molecule has 0 radical (unpaired) electrons. The largest absolute Gasteiger partial charge is 0.396 e. The topological polar surface area (TPSA) is 35.5 Å². The Bertz CT molecular complexity index is 293. The highest BCUT2D eigenvalue weighted by Crippen LogP contribution is 2.39. The van der Waals surface area contributed by atoms with E-state index in [1.165, 1.54) is 45.2 Å². The lowest BCUT2D eigenvalue weighted by Gasteiger charge is -2.46. The molecule has 0 amide bonds. The Labute approximate surface area is 125 Å². The highest BCUT2D eigenvalue weighted by molar-refractivity contribution is 4.95. The van der Waals surface area contributed by atoms with E-state index in [-0.39, 0.29) is 0 Å². The molecule has 3 nitrogen and oxygen atoms in total. The van der Waals surface area contributed by atoms with Crippen LogP contribution in [0.25, 0.3) is 0 Å². The second-order valence-electron chi connectivity index (χ2n) is 7.67. The minimum Gasteiger partial charge on any atom is -0.396 e. The number of likely N-dealkylation sites (tertiary alicyclic amines) is 1. The van der Waals surface area contributed by atoms with Crippen LogP contribution in [0.4, 0.5) is 0 Å². The van der Waals surface area contributed by atoms with Crippen molar-refractivity contribution < 1.29 is 5.11 Å². The third-order valence-corrected chi connectivity index (χ3v) is 5.44. The molecular formula is C17H34N2O. The van der Waals surface area contributed by atoms with Crippen LogP contribution in [0.1, 0.15) is 52.9 Å². The van der Waals surface area contributed by atoms with Gasteiger partial charge in [0.2, 0.25) is 0 Å². The van der Waals surface area contributed by atoms with Crippen molar-refractivity contribution in [1.29, 1.82) is 0 Å². The maximum Gasteiger partial charge on any atom is 0.0471 e. The third-order valence-electron chi connectivity index (χ3n) is 5.44. The summed E-state index contributed by atoms with van der Waals surface area (Å²) in [6.45, 7) is 12.1. The van der Waals surface area contributed by atoms with Crippen molar-refractivity contribution in [2.75, 3.05) is 32.8 Å².